The SMILES string of the molecule is c1ccc(-c2cccc(N(c3cccc4c3-c3ccccc3C4(c3ccccc3)c3ccccc3)c3ccc4c5c3c3ccccc3n5-c3ccccc3S4)c2)cc1. The van der Waals surface area contributed by atoms with Gasteiger partial charge in [-0.15, -0.1) is 0 Å². The first kappa shape index (κ1) is 33.1. The molecule has 2 heterocycles. The lowest BCUT2D eigenvalue weighted by Gasteiger charge is -2.34. The van der Waals surface area contributed by atoms with Crippen LogP contribution in [0.15, 0.2) is 228 Å². The Balaban J connectivity index is 1.21. The van der Waals surface area contributed by atoms with E-state index in [0.717, 1.165) is 17.1 Å². The highest BCUT2D eigenvalue weighted by Gasteiger charge is 2.47. The number of hydrogen-bond donors (Lipinski definition) is 0. The number of hydrogen-bond acceptors (Lipinski definition) is 2. The minimum absolute atomic E-state index is 0.515. The first-order valence-corrected chi connectivity index (χ1v) is 20.8. The highest BCUT2D eigenvalue weighted by Crippen LogP contribution is 2.60. The number of fused-ring (bicyclic) bond motifs is 8. The third kappa shape index (κ3) is 4.68. The summed E-state index contributed by atoms with van der Waals surface area (Å²) in [5.74, 6) is 0. The average Bonchev–Trinajstić information content (AvgIpc) is 3.81. The van der Waals surface area contributed by atoms with Crippen molar-refractivity contribution in [2.75, 3.05) is 4.90 Å². The molecule has 2 aliphatic rings. The number of rotatable bonds is 6. The average molecular weight is 757 g/mol. The van der Waals surface area contributed by atoms with Crippen molar-refractivity contribution in [1.29, 1.82) is 0 Å². The molecule has 0 unspecified atom stereocenters. The summed E-state index contributed by atoms with van der Waals surface area (Å²) >= 11 is 1.87. The van der Waals surface area contributed by atoms with Crippen LogP contribution >= 0.6 is 11.8 Å². The maximum atomic E-state index is 2.55. The van der Waals surface area contributed by atoms with Crippen molar-refractivity contribution in [3.05, 3.63) is 241 Å². The third-order valence-electron chi connectivity index (χ3n) is 12.2. The van der Waals surface area contributed by atoms with E-state index in [1.54, 1.807) is 0 Å². The van der Waals surface area contributed by atoms with Crippen LogP contribution < -0.4 is 4.90 Å². The van der Waals surface area contributed by atoms with Crippen LogP contribution in [0, 0.1) is 0 Å². The molecular weight excluding hydrogens is 721 g/mol. The molecule has 0 atom stereocenters. The van der Waals surface area contributed by atoms with Crippen LogP contribution in [0.2, 0.25) is 0 Å². The first-order chi connectivity index (χ1) is 28.8. The van der Waals surface area contributed by atoms with Crippen molar-refractivity contribution >= 4 is 50.6 Å². The Hall–Kier alpha value is -7.07. The van der Waals surface area contributed by atoms with E-state index < -0.39 is 5.41 Å². The van der Waals surface area contributed by atoms with Crippen molar-refractivity contribution < 1.29 is 0 Å². The number of benzene rings is 9. The summed E-state index contributed by atoms with van der Waals surface area (Å²) in [5.41, 5.74) is 16.6. The predicted molar refractivity (Wildman–Crippen MR) is 242 cm³/mol. The van der Waals surface area contributed by atoms with Crippen molar-refractivity contribution in [2.45, 2.75) is 15.2 Å². The summed E-state index contributed by atoms with van der Waals surface area (Å²) in [5, 5.41) is 2.49. The Labute approximate surface area is 342 Å². The summed E-state index contributed by atoms with van der Waals surface area (Å²) in [6, 6.07) is 80.6. The van der Waals surface area contributed by atoms with Gasteiger partial charge in [0.2, 0.25) is 0 Å². The van der Waals surface area contributed by atoms with Gasteiger partial charge in [-0.1, -0.05) is 182 Å². The molecule has 9 aromatic carbocycles. The minimum Gasteiger partial charge on any atom is -0.309 e. The maximum Gasteiger partial charge on any atom is 0.0714 e. The fourth-order valence-electron chi connectivity index (χ4n) is 9.94. The lowest BCUT2D eigenvalue weighted by molar-refractivity contribution is 0.768. The molecule has 1 aromatic heterocycles. The van der Waals surface area contributed by atoms with E-state index in [9.17, 15) is 0 Å². The molecule has 0 bridgehead atoms. The molecule has 3 heteroatoms. The molecule has 0 saturated carbocycles. The fraction of sp³-hybridized carbons (Fsp3) is 0.0182. The molecule has 12 rings (SSSR count). The highest BCUT2D eigenvalue weighted by molar-refractivity contribution is 7.99. The molecule has 2 nitrogen and oxygen atoms in total. The predicted octanol–water partition coefficient (Wildman–Crippen LogP) is 14.7. The normalized spacial score (nSPS) is 13.2. The third-order valence-corrected chi connectivity index (χ3v) is 13.4. The van der Waals surface area contributed by atoms with Gasteiger partial charge in [0, 0.05) is 31.8 Å². The maximum absolute atomic E-state index is 2.55. The molecule has 0 spiro atoms. The van der Waals surface area contributed by atoms with E-state index in [0.29, 0.717) is 0 Å². The zero-order valence-electron chi connectivity index (χ0n) is 31.6. The number of aromatic nitrogens is 1. The lowest BCUT2D eigenvalue weighted by atomic mass is 9.68. The molecule has 0 fully saturated rings. The molecule has 1 aliphatic heterocycles. The topological polar surface area (TPSA) is 8.17 Å². The van der Waals surface area contributed by atoms with Gasteiger partial charge in [0.05, 0.1) is 33.5 Å². The van der Waals surface area contributed by atoms with Gasteiger partial charge in [-0.25, -0.2) is 0 Å². The molecule has 0 amide bonds. The second kappa shape index (κ2) is 13.0. The quantitative estimate of drug-likeness (QED) is 0.167. The fourth-order valence-corrected chi connectivity index (χ4v) is 11.0. The summed E-state index contributed by atoms with van der Waals surface area (Å²) in [6.07, 6.45) is 0. The number of nitrogens with zero attached hydrogens (tertiary/aromatic N) is 2. The smallest absolute Gasteiger partial charge is 0.0714 e. The van der Waals surface area contributed by atoms with Gasteiger partial charge in [-0.05, 0) is 87.5 Å². The number of anilines is 3. The summed E-state index contributed by atoms with van der Waals surface area (Å²) < 4.78 is 2.49. The van der Waals surface area contributed by atoms with E-state index >= 15 is 0 Å². The van der Waals surface area contributed by atoms with Crippen LogP contribution in [-0.2, 0) is 5.41 Å². The molecule has 0 radical (unpaired) electrons. The van der Waals surface area contributed by atoms with Gasteiger partial charge in [0.1, 0.15) is 0 Å². The largest absolute Gasteiger partial charge is 0.309 e. The van der Waals surface area contributed by atoms with E-state index in [1.807, 2.05) is 11.8 Å². The standard InChI is InChI=1S/C55H36N2S/c1-4-18-37(19-5-1)38-20-16-25-41(36-38)56(49-34-35-51-54-53(49)43-27-11-13-30-46(43)57(54)47-31-14-15-33-50(47)58-51)48-32-17-29-45-52(48)42-26-10-12-28-44(42)55(45,39-21-6-2-7-22-39)40-23-8-3-9-24-40/h1-36H. The molecule has 272 valence electrons. The van der Waals surface area contributed by atoms with Gasteiger partial charge in [-0.2, -0.15) is 0 Å². The molecule has 0 saturated heterocycles. The second-order valence-corrected chi connectivity index (χ2v) is 16.3. The monoisotopic (exact) mass is 756 g/mol. The summed E-state index contributed by atoms with van der Waals surface area (Å²) in [4.78, 5) is 5.09. The van der Waals surface area contributed by atoms with E-state index in [2.05, 4.69) is 228 Å². The van der Waals surface area contributed by atoms with Crippen molar-refractivity contribution in [3.63, 3.8) is 0 Å². The van der Waals surface area contributed by atoms with Gasteiger partial charge in [0.15, 0.2) is 0 Å². The van der Waals surface area contributed by atoms with Gasteiger partial charge >= 0.3 is 0 Å². The van der Waals surface area contributed by atoms with Gasteiger partial charge < -0.3 is 9.47 Å². The minimum atomic E-state index is -0.515. The van der Waals surface area contributed by atoms with E-state index in [4.69, 9.17) is 0 Å². The lowest BCUT2D eigenvalue weighted by Crippen LogP contribution is -2.28. The molecule has 0 N–H and O–H groups in total. The first-order valence-electron chi connectivity index (χ1n) is 19.9. The van der Waals surface area contributed by atoms with Crippen LogP contribution in [0.4, 0.5) is 17.1 Å². The van der Waals surface area contributed by atoms with Crippen molar-refractivity contribution in [3.8, 4) is 27.9 Å². The molecule has 10 aromatic rings. The van der Waals surface area contributed by atoms with Crippen molar-refractivity contribution in [2.24, 2.45) is 0 Å². The Morgan fingerprint density at radius 3 is 1.90 bits per heavy atom. The molecule has 58 heavy (non-hydrogen) atoms. The second-order valence-electron chi connectivity index (χ2n) is 15.2. The van der Waals surface area contributed by atoms with Crippen LogP contribution in [0.3, 0.4) is 0 Å². The Morgan fingerprint density at radius 2 is 1.09 bits per heavy atom. The van der Waals surface area contributed by atoms with Gasteiger partial charge in [-0.3, -0.25) is 0 Å². The Morgan fingerprint density at radius 1 is 0.448 bits per heavy atom. The Kier molecular flexibility index (Phi) is 7.41. The molecule has 1 aliphatic carbocycles. The summed E-state index contributed by atoms with van der Waals surface area (Å²) in [6.45, 7) is 0. The van der Waals surface area contributed by atoms with Crippen LogP contribution in [0.25, 0.3) is 49.7 Å². The Bertz CT molecular complexity index is 3160. The number of para-hydroxylation sites is 2. The van der Waals surface area contributed by atoms with Crippen LogP contribution in [0.5, 0.6) is 0 Å². The van der Waals surface area contributed by atoms with Crippen LogP contribution in [-0.4, -0.2) is 4.57 Å². The van der Waals surface area contributed by atoms with E-state index in [-0.39, 0.29) is 0 Å². The van der Waals surface area contributed by atoms with Crippen LogP contribution in [0.1, 0.15) is 22.3 Å². The zero-order valence-corrected chi connectivity index (χ0v) is 32.4. The highest BCUT2D eigenvalue weighted by atomic mass is 32.2. The van der Waals surface area contributed by atoms with E-state index in [1.165, 1.54) is 81.8 Å². The summed E-state index contributed by atoms with van der Waals surface area (Å²) in [7, 11) is 0. The molecular formula is C55H36N2S. The zero-order chi connectivity index (χ0) is 38.2. The van der Waals surface area contributed by atoms with Gasteiger partial charge in [0.25, 0.3) is 0 Å². The van der Waals surface area contributed by atoms with Crippen molar-refractivity contribution in [1.82, 2.24) is 4.57 Å².